The van der Waals surface area contributed by atoms with E-state index < -0.39 is 0 Å². The van der Waals surface area contributed by atoms with E-state index in [2.05, 4.69) is 11.1 Å². The van der Waals surface area contributed by atoms with Gasteiger partial charge in [0.05, 0.1) is 26.5 Å². The maximum Gasteiger partial charge on any atom is 0.223 e. The summed E-state index contributed by atoms with van der Waals surface area (Å²) in [5.74, 6) is 2.10. The van der Waals surface area contributed by atoms with Crippen LogP contribution in [0.25, 0.3) is 11.3 Å². The molecule has 0 radical (unpaired) electrons. The number of ether oxygens (including phenoxy) is 2. The molecule has 0 aliphatic carbocycles. The number of halogens is 1. The molecule has 2 aromatic heterocycles. The summed E-state index contributed by atoms with van der Waals surface area (Å²) in [6.07, 6.45) is 3.00. The normalized spacial score (nSPS) is 15.1. The highest BCUT2D eigenvalue weighted by Crippen LogP contribution is 2.42. The number of carbonyl (C=O) groups excluding carboxylic acids is 1. The van der Waals surface area contributed by atoms with E-state index in [0.717, 1.165) is 28.0 Å². The predicted molar refractivity (Wildman–Crippen MR) is 131 cm³/mol. The summed E-state index contributed by atoms with van der Waals surface area (Å²) >= 11 is 1.63. The van der Waals surface area contributed by atoms with E-state index in [9.17, 15) is 9.18 Å². The zero-order chi connectivity index (χ0) is 24.4. The van der Waals surface area contributed by atoms with Gasteiger partial charge in [0.25, 0.3) is 0 Å². The van der Waals surface area contributed by atoms with Crippen LogP contribution in [0.15, 0.2) is 64.5 Å². The third-order valence-electron chi connectivity index (χ3n) is 6.24. The quantitative estimate of drug-likeness (QED) is 0.333. The van der Waals surface area contributed by atoms with E-state index in [0.29, 0.717) is 36.1 Å². The number of thiophene rings is 1. The van der Waals surface area contributed by atoms with Gasteiger partial charge in [-0.15, -0.1) is 11.3 Å². The zero-order valence-electron chi connectivity index (χ0n) is 19.5. The van der Waals surface area contributed by atoms with Crippen molar-refractivity contribution < 1.29 is 23.1 Å². The average molecular weight is 493 g/mol. The standard InChI is InChI=1S/C27H25FN2O4S/c1-32-21-14-18-11-12-30(27(24-4-3-13-35-24)20(18)15-22(21)33-2)26(31)10-9-25-29-16-23(34-25)17-5-7-19(28)8-6-17/h3-8,13-16,27H,9-12H2,1-2H3. The SMILES string of the molecule is COc1cc2c(cc1OC)C(c1cccs1)N(C(=O)CCc1ncc(-c3ccc(F)cc3)o1)CC2. The van der Waals surface area contributed by atoms with Crippen LogP contribution in [0.3, 0.4) is 0 Å². The second-order valence-electron chi connectivity index (χ2n) is 8.29. The summed E-state index contributed by atoms with van der Waals surface area (Å²) in [4.78, 5) is 20.8. The number of fused-ring (bicyclic) bond motifs is 1. The zero-order valence-corrected chi connectivity index (χ0v) is 20.3. The lowest BCUT2D eigenvalue weighted by atomic mass is 9.90. The minimum Gasteiger partial charge on any atom is -0.493 e. The van der Waals surface area contributed by atoms with Gasteiger partial charge in [-0.25, -0.2) is 9.37 Å². The van der Waals surface area contributed by atoms with Gasteiger partial charge in [-0.3, -0.25) is 4.79 Å². The van der Waals surface area contributed by atoms with Crippen LogP contribution in [0, 0.1) is 5.82 Å². The number of methoxy groups -OCH3 is 2. The summed E-state index contributed by atoms with van der Waals surface area (Å²) in [5.41, 5.74) is 2.95. The highest BCUT2D eigenvalue weighted by Gasteiger charge is 2.33. The van der Waals surface area contributed by atoms with Crippen molar-refractivity contribution in [3.63, 3.8) is 0 Å². The van der Waals surface area contributed by atoms with E-state index in [1.807, 2.05) is 28.5 Å². The molecule has 1 aliphatic rings. The van der Waals surface area contributed by atoms with Crippen molar-refractivity contribution in [2.24, 2.45) is 0 Å². The van der Waals surface area contributed by atoms with Crippen LogP contribution in [0.4, 0.5) is 4.39 Å². The second kappa shape index (κ2) is 9.92. The highest BCUT2D eigenvalue weighted by atomic mass is 32.1. The van der Waals surface area contributed by atoms with Crippen LogP contribution >= 0.6 is 11.3 Å². The number of aryl methyl sites for hydroxylation is 1. The van der Waals surface area contributed by atoms with Crippen molar-refractivity contribution >= 4 is 17.2 Å². The summed E-state index contributed by atoms with van der Waals surface area (Å²) in [5, 5.41) is 2.02. The van der Waals surface area contributed by atoms with Crippen molar-refractivity contribution in [3.05, 3.63) is 87.8 Å². The van der Waals surface area contributed by atoms with Crippen molar-refractivity contribution in [1.82, 2.24) is 9.88 Å². The maximum absolute atomic E-state index is 13.4. The smallest absolute Gasteiger partial charge is 0.223 e. The summed E-state index contributed by atoms with van der Waals surface area (Å²) in [6, 6.07) is 13.9. The minimum atomic E-state index is -0.307. The molecule has 0 spiro atoms. The molecule has 0 bridgehead atoms. The number of nitrogens with zero attached hydrogens (tertiary/aromatic N) is 2. The van der Waals surface area contributed by atoms with Crippen molar-refractivity contribution in [1.29, 1.82) is 0 Å². The molecule has 5 rings (SSSR count). The first-order chi connectivity index (χ1) is 17.1. The van der Waals surface area contributed by atoms with Gasteiger partial charge >= 0.3 is 0 Å². The molecule has 1 amide bonds. The molecule has 1 atom stereocenters. The van der Waals surface area contributed by atoms with Gasteiger partial charge in [-0.2, -0.15) is 0 Å². The topological polar surface area (TPSA) is 64.8 Å². The van der Waals surface area contributed by atoms with E-state index in [1.54, 1.807) is 43.9 Å². The fourth-order valence-electron chi connectivity index (χ4n) is 4.50. The molecular formula is C27H25FN2O4S. The van der Waals surface area contributed by atoms with Crippen LogP contribution in [0.5, 0.6) is 11.5 Å². The molecule has 35 heavy (non-hydrogen) atoms. The maximum atomic E-state index is 13.4. The summed E-state index contributed by atoms with van der Waals surface area (Å²) < 4.78 is 30.1. The van der Waals surface area contributed by atoms with Crippen LogP contribution in [0.1, 0.15) is 34.4 Å². The van der Waals surface area contributed by atoms with E-state index >= 15 is 0 Å². The van der Waals surface area contributed by atoms with Crippen LogP contribution in [-0.4, -0.2) is 36.6 Å². The number of rotatable bonds is 7. The van der Waals surface area contributed by atoms with E-state index in [-0.39, 0.29) is 24.2 Å². The Morgan fingerprint density at radius 3 is 2.66 bits per heavy atom. The second-order valence-corrected chi connectivity index (χ2v) is 9.27. The monoisotopic (exact) mass is 492 g/mol. The molecular weight excluding hydrogens is 467 g/mol. The first kappa shape index (κ1) is 23.1. The molecule has 1 aliphatic heterocycles. The molecule has 3 heterocycles. The highest BCUT2D eigenvalue weighted by molar-refractivity contribution is 7.10. The fraction of sp³-hybridized carbons (Fsp3) is 0.259. The Balaban J connectivity index is 1.36. The lowest BCUT2D eigenvalue weighted by Gasteiger charge is -2.37. The van der Waals surface area contributed by atoms with E-state index in [1.165, 1.54) is 12.1 Å². The van der Waals surface area contributed by atoms with Crippen LogP contribution in [-0.2, 0) is 17.6 Å². The molecule has 0 saturated carbocycles. The number of carbonyl (C=O) groups is 1. The third-order valence-corrected chi connectivity index (χ3v) is 7.17. The molecule has 4 aromatic rings. The number of aromatic nitrogens is 1. The fourth-order valence-corrected chi connectivity index (χ4v) is 5.35. The molecule has 0 saturated heterocycles. The minimum absolute atomic E-state index is 0.0327. The Kier molecular flexibility index (Phi) is 6.55. The van der Waals surface area contributed by atoms with Crippen LogP contribution in [0.2, 0.25) is 0 Å². The van der Waals surface area contributed by atoms with E-state index in [4.69, 9.17) is 13.9 Å². The molecule has 2 aromatic carbocycles. The third kappa shape index (κ3) is 4.66. The van der Waals surface area contributed by atoms with Gasteiger partial charge in [-0.05, 0) is 65.4 Å². The molecule has 8 heteroatoms. The number of oxazole rings is 1. The van der Waals surface area contributed by atoms with Crippen molar-refractivity contribution in [2.45, 2.75) is 25.3 Å². The van der Waals surface area contributed by atoms with Gasteiger partial charge in [0.2, 0.25) is 5.91 Å². The van der Waals surface area contributed by atoms with Crippen molar-refractivity contribution in [2.75, 3.05) is 20.8 Å². The largest absolute Gasteiger partial charge is 0.493 e. The average Bonchev–Trinajstić information content (AvgIpc) is 3.59. The predicted octanol–water partition coefficient (Wildman–Crippen LogP) is 5.67. The summed E-state index contributed by atoms with van der Waals surface area (Å²) in [7, 11) is 3.25. The first-order valence-corrected chi connectivity index (χ1v) is 12.2. The lowest BCUT2D eigenvalue weighted by Crippen LogP contribution is -2.40. The number of amides is 1. The van der Waals surface area contributed by atoms with Crippen LogP contribution < -0.4 is 9.47 Å². The van der Waals surface area contributed by atoms with Gasteiger partial charge in [0.1, 0.15) is 5.82 Å². The molecule has 180 valence electrons. The molecule has 1 unspecified atom stereocenters. The van der Waals surface area contributed by atoms with Gasteiger partial charge < -0.3 is 18.8 Å². The lowest BCUT2D eigenvalue weighted by molar-refractivity contribution is -0.133. The van der Waals surface area contributed by atoms with Gasteiger partial charge in [0.15, 0.2) is 23.1 Å². The molecule has 6 nitrogen and oxygen atoms in total. The van der Waals surface area contributed by atoms with Crippen molar-refractivity contribution in [3.8, 4) is 22.8 Å². The Morgan fingerprint density at radius 2 is 1.94 bits per heavy atom. The number of benzene rings is 2. The Hall–Kier alpha value is -3.65. The van der Waals surface area contributed by atoms with Gasteiger partial charge in [-0.1, -0.05) is 6.07 Å². The Bertz CT molecular complexity index is 1320. The number of hydrogen-bond acceptors (Lipinski definition) is 6. The summed E-state index contributed by atoms with van der Waals surface area (Å²) in [6.45, 7) is 0.607. The first-order valence-electron chi connectivity index (χ1n) is 11.4. The molecule has 0 N–H and O–H groups in total. The Labute approximate surface area is 206 Å². The number of hydrogen-bond donors (Lipinski definition) is 0. The Morgan fingerprint density at radius 1 is 1.17 bits per heavy atom. The molecule has 0 fully saturated rings. The van der Waals surface area contributed by atoms with Gasteiger partial charge in [0, 0.05) is 29.8 Å².